The van der Waals surface area contributed by atoms with E-state index in [0.717, 1.165) is 0 Å². The van der Waals surface area contributed by atoms with Crippen LogP contribution in [-0.2, 0) is 25.1 Å². The average molecular weight is 621 g/mol. The van der Waals surface area contributed by atoms with Crippen LogP contribution >= 0.6 is 0 Å². The summed E-state index contributed by atoms with van der Waals surface area (Å²) in [4.78, 5) is 26.8. The molecule has 0 aromatic heterocycles. The Morgan fingerprint density at radius 3 is 2.05 bits per heavy atom. The number of allylic oxidation sites excluding steroid dienone is 1. The van der Waals surface area contributed by atoms with Crippen LogP contribution in [-0.4, -0.2) is 68.8 Å². The second kappa shape index (κ2) is 13.7. The highest BCUT2D eigenvalue weighted by Gasteiger charge is 2.49. The molecule has 3 aromatic carbocycles. The molecule has 2 aliphatic rings. The van der Waals surface area contributed by atoms with Gasteiger partial charge >= 0.3 is 11.9 Å². The van der Waals surface area contributed by atoms with E-state index in [2.05, 4.69) is 0 Å². The van der Waals surface area contributed by atoms with Crippen molar-refractivity contribution in [1.29, 1.82) is 0 Å². The molecule has 0 radical (unpaired) electrons. The van der Waals surface area contributed by atoms with Crippen LogP contribution in [0.15, 0.2) is 114 Å². The molecule has 0 N–H and O–H groups in total. The molecule has 5 rings (SSSR count). The van der Waals surface area contributed by atoms with Gasteiger partial charge in [-0.1, -0.05) is 66.7 Å². The molecule has 0 saturated carbocycles. The zero-order valence-corrected chi connectivity index (χ0v) is 24.9. The lowest BCUT2D eigenvalue weighted by Gasteiger charge is -2.39. The maximum absolute atomic E-state index is 14.4. The molecule has 44 heavy (non-hydrogen) atoms. The topological polar surface area (TPSA) is 93.2 Å². The van der Waals surface area contributed by atoms with Crippen molar-refractivity contribution in [2.45, 2.75) is 29.9 Å². The highest BCUT2D eigenvalue weighted by molar-refractivity contribution is 7.92. The minimum absolute atomic E-state index is 0.130. The molecule has 1 atom stereocenters. The number of sulfone groups is 1. The molecule has 3 aromatic rings. The van der Waals surface area contributed by atoms with E-state index < -0.39 is 46.4 Å². The molecule has 9 heteroatoms. The van der Waals surface area contributed by atoms with Gasteiger partial charge in [0.05, 0.1) is 23.5 Å². The number of hydrogen-bond donors (Lipinski definition) is 0. The van der Waals surface area contributed by atoms with Gasteiger partial charge in [-0.15, -0.1) is 0 Å². The van der Waals surface area contributed by atoms with E-state index >= 15 is 0 Å². The Morgan fingerprint density at radius 1 is 0.886 bits per heavy atom. The molecule has 0 spiro atoms. The minimum atomic E-state index is -4.28. The van der Waals surface area contributed by atoms with Gasteiger partial charge in [-0.25, -0.2) is 18.0 Å². The molecule has 1 fully saturated rings. The van der Waals surface area contributed by atoms with Crippen LogP contribution in [0.2, 0.25) is 0 Å². The second-order valence-electron chi connectivity index (χ2n) is 10.9. The van der Waals surface area contributed by atoms with E-state index in [4.69, 9.17) is 17.7 Å². The Hall–Kier alpha value is -4.05. The number of piperidine rings is 1. The van der Waals surface area contributed by atoms with E-state index in [1.807, 2.05) is 0 Å². The number of esters is 2. The van der Waals surface area contributed by atoms with Gasteiger partial charge in [-0.3, -0.25) is 9.80 Å². The molecule has 1 aliphatic carbocycles. The van der Waals surface area contributed by atoms with Crippen LogP contribution in [0.4, 0.5) is 0 Å². The lowest BCUT2D eigenvalue weighted by atomic mass is 9.83. The van der Waals surface area contributed by atoms with Crippen LogP contribution in [0.25, 0.3) is 0 Å². The molecule has 1 unspecified atom stereocenters. The number of hydrogen-bond acceptors (Lipinski definition) is 8. The number of nitrogens with zero attached hydrogens (tertiary/aromatic N) is 2. The van der Waals surface area contributed by atoms with Crippen molar-refractivity contribution >= 4 is 21.8 Å². The third kappa shape index (κ3) is 7.35. The summed E-state index contributed by atoms with van der Waals surface area (Å²) >= 11 is 0. The fourth-order valence-corrected chi connectivity index (χ4v) is 7.30. The van der Waals surface area contributed by atoms with Crippen LogP contribution in [0.3, 0.4) is 0 Å². The SMILES string of the molecule is [2H]C([2H])([2H])N(CN1CCC(C2=C(OC(=O)c3ccccc3)C=CC(OC(=O)c3ccccc3)(S(=O)(=O)Cc3ccccc3)C2)CC1)C([2H])([2H])[2H]. The highest BCUT2D eigenvalue weighted by Crippen LogP contribution is 2.43. The molecule has 1 heterocycles. The van der Waals surface area contributed by atoms with E-state index in [1.54, 1.807) is 83.8 Å². The van der Waals surface area contributed by atoms with Gasteiger partial charge in [-0.2, -0.15) is 0 Å². The third-order valence-electron chi connectivity index (χ3n) is 7.88. The lowest BCUT2D eigenvalue weighted by molar-refractivity contribution is 0.0266. The fraction of sp³-hybridized carbons (Fsp3) is 0.314. The Morgan fingerprint density at radius 2 is 1.45 bits per heavy atom. The largest absolute Gasteiger partial charge is 0.435 e. The number of likely N-dealkylation sites (tertiary alicyclic amines) is 1. The first kappa shape index (κ1) is 24.3. The first-order chi connectivity index (χ1) is 23.6. The Kier molecular flexibility index (Phi) is 7.57. The van der Waals surface area contributed by atoms with Crippen LogP contribution in [0, 0.1) is 5.92 Å². The van der Waals surface area contributed by atoms with Gasteiger partial charge < -0.3 is 9.47 Å². The summed E-state index contributed by atoms with van der Waals surface area (Å²) in [5, 5.41) is 0. The maximum atomic E-state index is 14.4. The second-order valence-corrected chi connectivity index (χ2v) is 13.1. The van der Waals surface area contributed by atoms with Gasteiger partial charge in [0.15, 0.2) is 9.84 Å². The van der Waals surface area contributed by atoms with Gasteiger partial charge in [0.25, 0.3) is 0 Å². The number of carbonyl (C=O) groups is 2. The van der Waals surface area contributed by atoms with Crippen LogP contribution in [0.1, 0.15) is 53.8 Å². The van der Waals surface area contributed by atoms with Crippen molar-refractivity contribution in [2.75, 3.05) is 33.7 Å². The highest BCUT2D eigenvalue weighted by atomic mass is 32.2. The van der Waals surface area contributed by atoms with Crippen molar-refractivity contribution in [1.82, 2.24) is 9.80 Å². The Balaban J connectivity index is 1.50. The van der Waals surface area contributed by atoms with Crippen molar-refractivity contribution in [2.24, 2.45) is 5.92 Å². The molecular weight excluding hydrogens is 576 g/mol. The molecule has 230 valence electrons. The molecule has 8 nitrogen and oxygen atoms in total. The van der Waals surface area contributed by atoms with Crippen LogP contribution in [0.5, 0.6) is 0 Å². The summed E-state index contributed by atoms with van der Waals surface area (Å²) in [5.41, 5.74) is 1.37. The number of ether oxygens (including phenoxy) is 2. The van der Waals surface area contributed by atoms with Gasteiger partial charge in [-0.05, 0) is 93.4 Å². The predicted octanol–water partition coefficient (Wildman–Crippen LogP) is 5.46. The molecular formula is C35H38N2O6S. The Labute approximate surface area is 267 Å². The summed E-state index contributed by atoms with van der Waals surface area (Å²) in [6.07, 6.45) is 3.02. The number of rotatable bonds is 10. The normalized spacial score (nSPS) is 22.2. The van der Waals surface area contributed by atoms with E-state index in [1.165, 1.54) is 24.3 Å². The zero-order valence-electron chi connectivity index (χ0n) is 30.1. The van der Waals surface area contributed by atoms with Crippen molar-refractivity contribution in [3.8, 4) is 0 Å². The predicted molar refractivity (Wildman–Crippen MR) is 169 cm³/mol. The first-order valence-corrected chi connectivity index (χ1v) is 16.0. The molecule has 1 saturated heterocycles. The number of carbonyl (C=O) groups excluding carboxylic acids is 2. The van der Waals surface area contributed by atoms with Crippen molar-refractivity contribution < 1.29 is 35.7 Å². The van der Waals surface area contributed by atoms with E-state index in [-0.39, 0.29) is 49.0 Å². The summed E-state index contributed by atoms with van der Waals surface area (Å²) in [7, 11) is -4.28. The molecule has 0 bridgehead atoms. The Bertz CT molecular complexity index is 1810. The summed E-state index contributed by atoms with van der Waals surface area (Å²) in [6, 6.07) is 24.9. The number of benzene rings is 3. The van der Waals surface area contributed by atoms with Crippen molar-refractivity contribution in [3.63, 3.8) is 0 Å². The standard InChI is InChI=1S/C35H38N2O6S/c1-36(2)26-37-22-19-28(20-23-37)31-24-35(43-34(39)30-16-10-5-11-17-30,44(40,41)25-27-12-6-3-7-13-27)21-18-32(31)42-33(38)29-14-8-4-9-15-29/h3-18,21,28H,19-20,22-26H2,1-2H3/i1D3,2D3. The van der Waals surface area contributed by atoms with Crippen molar-refractivity contribution in [3.05, 3.63) is 131 Å². The summed E-state index contributed by atoms with van der Waals surface area (Å²) in [6.45, 7) is -5.50. The quantitative estimate of drug-likeness (QED) is 0.276. The zero-order chi connectivity index (χ0) is 36.2. The molecule has 1 aliphatic heterocycles. The maximum Gasteiger partial charge on any atom is 0.343 e. The monoisotopic (exact) mass is 620 g/mol. The first-order valence-electron chi connectivity index (χ1n) is 17.3. The smallest absolute Gasteiger partial charge is 0.343 e. The fourth-order valence-electron chi connectivity index (χ4n) is 5.58. The van der Waals surface area contributed by atoms with E-state index in [0.29, 0.717) is 28.9 Å². The lowest BCUT2D eigenvalue weighted by Crippen LogP contribution is -2.46. The third-order valence-corrected chi connectivity index (χ3v) is 10.0. The van der Waals surface area contributed by atoms with Crippen LogP contribution < -0.4 is 0 Å². The average Bonchev–Trinajstić information content (AvgIpc) is 3.08. The summed E-state index contributed by atoms with van der Waals surface area (Å²) in [5.74, 6) is -2.20. The van der Waals surface area contributed by atoms with Gasteiger partial charge in [0.2, 0.25) is 4.93 Å². The van der Waals surface area contributed by atoms with E-state index in [9.17, 15) is 18.0 Å². The minimum Gasteiger partial charge on any atom is -0.435 e. The van der Waals surface area contributed by atoms with Gasteiger partial charge in [0, 0.05) is 14.6 Å². The summed E-state index contributed by atoms with van der Waals surface area (Å²) < 4.78 is 87.1. The van der Waals surface area contributed by atoms with Gasteiger partial charge in [0.1, 0.15) is 5.76 Å². The molecule has 0 amide bonds.